The molecular weight excluding hydrogens is 432 g/mol. The van der Waals surface area contributed by atoms with Crippen molar-refractivity contribution in [2.45, 2.75) is 64.8 Å². The Bertz CT molecular complexity index is 1080. The molecule has 1 aromatic carbocycles. The zero-order chi connectivity index (χ0) is 23.8. The summed E-state index contributed by atoms with van der Waals surface area (Å²) >= 11 is 0. The quantitative estimate of drug-likeness (QED) is 0.528. The Morgan fingerprint density at radius 3 is 2.59 bits per heavy atom. The van der Waals surface area contributed by atoms with Gasteiger partial charge in [0.2, 0.25) is 23.5 Å². The summed E-state index contributed by atoms with van der Waals surface area (Å²) in [6, 6.07) is 11.5. The Hall–Kier alpha value is -3.42. The van der Waals surface area contributed by atoms with E-state index in [0.29, 0.717) is 49.8 Å². The van der Waals surface area contributed by atoms with Crippen LogP contribution in [-0.4, -0.2) is 39.9 Å². The van der Waals surface area contributed by atoms with Crippen molar-refractivity contribution >= 4 is 17.5 Å². The molecule has 2 aromatic heterocycles. The highest BCUT2D eigenvalue weighted by Crippen LogP contribution is 2.25. The topological polar surface area (TPSA) is 92.7 Å². The van der Waals surface area contributed by atoms with Gasteiger partial charge in [0.25, 0.3) is 0 Å². The van der Waals surface area contributed by atoms with E-state index in [-0.39, 0.29) is 11.8 Å². The van der Waals surface area contributed by atoms with Crippen LogP contribution in [0.15, 0.2) is 51.6 Å². The van der Waals surface area contributed by atoms with Gasteiger partial charge in [0, 0.05) is 45.1 Å². The van der Waals surface area contributed by atoms with Crippen molar-refractivity contribution in [1.82, 2.24) is 15.0 Å². The molecule has 0 fully saturated rings. The number of anilines is 1. The summed E-state index contributed by atoms with van der Waals surface area (Å²) in [5.41, 5.74) is 1.91. The minimum absolute atomic E-state index is 0.0378. The third-order valence-corrected chi connectivity index (χ3v) is 6.18. The lowest BCUT2D eigenvalue weighted by Crippen LogP contribution is -2.34. The average Bonchev–Trinajstić information content (AvgIpc) is 3.51. The molecule has 8 heteroatoms. The number of furan rings is 1. The Morgan fingerprint density at radius 2 is 1.79 bits per heavy atom. The summed E-state index contributed by atoms with van der Waals surface area (Å²) in [6.07, 6.45) is 8.39. The van der Waals surface area contributed by atoms with Crippen molar-refractivity contribution in [3.63, 3.8) is 0 Å². The average molecular weight is 465 g/mol. The number of benzene rings is 1. The minimum atomic E-state index is 0.0378. The van der Waals surface area contributed by atoms with E-state index in [2.05, 4.69) is 10.1 Å². The predicted molar refractivity (Wildman–Crippen MR) is 128 cm³/mol. The highest BCUT2D eigenvalue weighted by Gasteiger charge is 2.20. The Balaban J connectivity index is 1.41. The van der Waals surface area contributed by atoms with Crippen LogP contribution in [0, 0.1) is 0 Å². The van der Waals surface area contributed by atoms with Gasteiger partial charge in [-0.25, -0.2) is 0 Å². The number of aryl methyl sites for hydroxylation is 1. The number of carbonyl (C=O) groups excluding carboxylic acids is 2. The third-order valence-electron chi connectivity index (χ3n) is 6.18. The van der Waals surface area contributed by atoms with Crippen molar-refractivity contribution in [1.29, 1.82) is 0 Å². The van der Waals surface area contributed by atoms with Gasteiger partial charge in [-0.2, -0.15) is 4.98 Å². The molecule has 0 radical (unpaired) electrons. The van der Waals surface area contributed by atoms with Crippen molar-refractivity contribution in [3.05, 3.63) is 54.1 Å². The van der Waals surface area contributed by atoms with E-state index < -0.39 is 0 Å². The molecule has 8 nitrogen and oxygen atoms in total. The number of nitrogens with zero attached hydrogens (tertiary/aromatic N) is 4. The lowest BCUT2D eigenvalue weighted by molar-refractivity contribution is -0.132. The van der Waals surface area contributed by atoms with E-state index >= 15 is 0 Å². The predicted octanol–water partition coefficient (Wildman–Crippen LogP) is 5.00. The number of carbonyl (C=O) groups is 2. The molecule has 0 saturated carbocycles. The number of fused-ring (bicyclic) bond motifs is 1. The lowest BCUT2D eigenvalue weighted by Gasteiger charge is -2.29. The highest BCUT2D eigenvalue weighted by atomic mass is 16.5. The first-order valence-electron chi connectivity index (χ1n) is 12.1. The Labute approximate surface area is 199 Å². The van der Waals surface area contributed by atoms with E-state index in [1.54, 1.807) is 25.3 Å². The van der Waals surface area contributed by atoms with Crippen LogP contribution in [0.4, 0.5) is 5.69 Å². The third kappa shape index (κ3) is 6.12. The normalized spacial score (nSPS) is 15.3. The first-order valence-corrected chi connectivity index (χ1v) is 12.1. The van der Waals surface area contributed by atoms with Crippen LogP contribution < -0.4 is 4.90 Å². The molecule has 180 valence electrons. The fourth-order valence-electron chi connectivity index (χ4n) is 4.37. The number of amides is 2. The molecule has 4 rings (SSSR count). The maximum atomic E-state index is 13.2. The molecule has 0 aliphatic carbocycles. The number of rotatable bonds is 5. The van der Waals surface area contributed by atoms with Gasteiger partial charge in [-0.3, -0.25) is 9.59 Å². The highest BCUT2D eigenvalue weighted by molar-refractivity contribution is 5.92. The van der Waals surface area contributed by atoms with E-state index in [0.717, 1.165) is 49.9 Å². The summed E-state index contributed by atoms with van der Waals surface area (Å²) in [6.45, 7) is 3.54. The second-order valence-electron chi connectivity index (χ2n) is 8.73. The summed E-state index contributed by atoms with van der Waals surface area (Å²) in [4.78, 5) is 33.7. The van der Waals surface area contributed by atoms with Crippen LogP contribution in [-0.2, 0) is 22.6 Å². The summed E-state index contributed by atoms with van der Waals surface area (Å²) in [7, 11) is 0. The molecule has 0 unspecified atom stereocenters. The number of hydrogen-bond acceptors (Lipinski definition) is 6. The lowest BCUT2D eigenvalue weighted by atomic mass is 10.1. The van der Waals surface area contributed by atoms with Gasteiger partial charge in [-0.15, -0.1) is 0 Å². The van der Waals surface area contributed by atoms with Gasteiger partial charge in [-0.05, 0) is 43.0 Å². The SMILES string of the molecule is CC(=O)N1CCCCCCCN(C(=O)CCCc2nc(-c3ccco3)no2)Cc2ccccc21. The molecule has 34 heavy (non-hydrogen) atoms. The first kappa shape index (κ1) is 23.7. The van der Waals surface area contributed by atoms with E-state index in [9.17, 15) is 9.59 Å². The maximum absolute atomic E-state index is 13.2. The van der Waals surface area contributed by atoms with Gasteiger partial charge in [0.15, 0.2) is 5.76 Å². The van der Waals surface area contributed by atoms with E-state index in [1.807, 2.05) is 34.1 Å². The van der Waals surface area contributed by atoms with Crippen LogP contribution >= 0.6 is 0 Å². The number of hydrogen-bond donors (Lipinski definition) is 0. The van der Waals surface area contributed by atoms with Crippen LogP contribution in [0.25, 0.3) is 11.6 Å². The zero-order valence-electron chi connectivity index (χ0n) is 19.7. The number of aromatic nitrogens is 2. The molecule has 0 saturated heterocycles. The van der Waals surface area contributed by atoms with E-state index in [4.69, 9.17) is 8.94 Å². The molecule has 0 N–H and O–H groups in total. The van der Waals surface area contributed by atoms with Crippen LogP contribution in [0.2, 0.25) is 0 Å². The molecule has 0 atom stereocenters. The van der Waals surface area contributed by atoms with Crippen LogP contribution in [0.3, 0.4) is 0 Å². The summed E-state index contributed by atoms with van der Waals surface area (Å²) in [5, 5.41) is 3.94. The smallest absolute Gasteiger partial charge is 0.238 e. The molecule has 1 aliphatic rings. The van der Waals surface area contributed by atoms with Gasteiger partial charge < -0.3 is 18.7 Å². The van der Waals surface area contributed by atoms with Crippen molar-refractivity contribution < 1.29 is 18.5 Å². The van der Waals surface area contributed by atoms with Crippen LogP contribution in [0.1, 0.15) is 63.3 Å². The van der Waals surface area contributed by atoms with Crippen molar-refractivity contribution in [2.24, 2.45) is 0 Å². The van der Waals surface area contributed by atoms with Crippen LogP contribution in [0.5, 0.6) is 0 Å². The molecular formula is C26H32N4O4. The monoisotopic (exact) mass is 464 g/mol. The van der Waals surface area contributed by atoms with Crippen molar-refractivity contribution in [3.8, 4) is 11.6 Å². The fourth-order valence-corrected chi connectivity index (χ4v) is 4.37. The molecule has 0 spiro atoms. The second kappa shape index (κ2) is 11.6. The number of para-hydroxylation sites is 1. The Kier molecular flexibility index (Phi) is 8.12. The fraction of sp³-hybridized carbons (Fsp3) is 0.462. The van der Waals surface area contributed by atoms with Gasteiger partial charge >= 0.3 is 0 Å². The zero-order valence-corrected chi connectivity index (χ0v) is 19.7. The molecule has 2 amide bonds. The Morgan fingerprint density at radius 1 is 1.00 bits per heavy atom. The maximum Gasteiger partial charge on any atom is 0.238 e. The molecule has 3 aromatic rings. The first-order chi connectivity index (χ1) is 16.6. The van der Waals surface area contributed by atoms with Gasteiger partial charge in [-0.1, -0.05) is 42.6 Å². The van der Waals surface area contributed by atoms with Gasteiger partial charge in [0.05, 0.1) is 6.26 Å². The minimum Gasteiger partial charge on any atom is -0.461 e. The summed E-state index contributed by atoms with van der Waals surface area (Å²) < 4.78 is 10.6. The molecule has 3 heterocycles. The molecule has 1 aliphatic heterocycles. The van der Waals surface area contributed by atoms with Crippen molar-refractivity contribution in [2.75, 3.05) is 18.0 Å². The molecule has 0 bridgehead atoms. The van der Waals surface area contributed by atoms with Gasteiger partial charge in [0.1, 0.15) is 0 Å². The summed E-state index contributed by atoms with van der Waals surface area (Å²) in [5.74, 6) is 1.61. The van der Waals surface area contributed by atoms with E-state index in [1.165, 1.54) is 0 Å². The largest absolute Gasteiger partial charge is 0.461 e. The standard InChI is InChI=1S/C26H32N4O4/c1-20(31)30-17-8-4-2-3-7-16-29(19-21-11-5-6-12-22(21)30)25(32)15-9-14-24-27-26(28-34-24)23-13-10-18-33-23/h5-6,10-13,18H,2-4,7-9,14-17,19H2,1H3. The second-order valence-corrected chi connectivity index (χ2v) is 8.73.